The Morgan fingerprint density at radius 3 is 2.88 bits per heavy atom. The van der Waals surface area contributed by atoms with E-state index in [0.717, 1.165) is 12.8 Å². The van der Waals surface area contributed by atoms with Crippen molar-refractivity contribution >= 4 is 12.0 Å². The number of carbonyl (C=O) groups excluding carboxylic acids is 2. The van der Waals surface area contributed by atoms with Crippen LogP contribution in [0.15, 0.2) is 0 Å². The molecule has 1 saturated heterocycles. The molecule has 1 heterocycles. The van der Waals surface area contributed by atoms with Crippen LogP contribution in [0.3, 0.4) is 0 Å². The van der Waals surface area contributed by atoms with Crippen molar-refractivity contribution in [3.63, 3.8) is 0 Å². The minimum Gasteiger partial charge on any atom is -0.450 e. The first-order chi connectivity index (χ1) is 8.22. The van der Waals surface area contributed by atoms with Crippen LogP contribution in [0, 0.1) is 0 Å². The van der Waals surface area contributed by atoms with Crippen molar-refractivity contribution in [2.75, 3.05) is 26.4 Å². The first-order valence-electron chi connectivity index (χ1n) is 6.04. The van der Waals surface area contributed by atoms with Crippen LogP contribution in [-0.2, 0) is 14.3 Å². The number of nitrogens with zero attached hydrogens (tertiary/aromatic N) is 1. The number of hydrogen-bond acceptors (Lipinski definition) is 4. The summed E-state index contributed by atoms with van der Waals surface area (Å²) in [5.41, 5.74) is 0. The Bertz CT molecular complexity index is 304. The van der Waals surface area contributed by atoms with E-state index in [9.17, 15) is 9.59 Å². The lowest BCUT2D eigenvalue weighted by atomic mass is 10.2. The predicted octanol–water partition coefficient (Wildman–Crippen LogP) is 0.122. The third-order valence-corrected chi connectivity index (χ3v) is 2.86. The summed E-state index contributed by atoms with van der Waals surface area (Å²) in [6.45, 7) is 3.16. The highest BCUT2D eigenvalue weighted by molar-refractivity contribution is 5.86. The van der Waals surface area contributed by atoms with Crippen LogP contribution in [0.5, 0.6) is 0 Å². The Morgan fingerprint density at radius 1 is 1.47 bits per heavy atom. The van der Waals surface area contributed by atoms with Gasteiger partial charge in [0.2, 0.25) is 5.91 Å². The van der Waals surface area contributed by atoms with Gasteiger partial charge < -0.3 is 14.8 Å². The molecule has 1 N–H and O–H groups in total. The van der Waals surface area contributed by atoms with Crippen LogP contribution in [0.4, 0.5) is 4.79 Å². The fourth-order valence-corrected chi connectivity index (χ4v) is 1.77. The molecule has 1 atom stereocenters. The van der Waals surface area contributed by atoms with Crippen molar-refractivity contribution in [3.8, 4) is 0 Å². The average molecular weight is 242 g/mol. The Kier molecular flexibility index (Phi) is 3.83. The molecular weight excluding hydrogens is 224 g/mol. The third-order valence-electron chi connectivity index (χ3n) is 2.86. The molecule has 2 fully saturated rings. The molecule has 1 aliphatic carbocycles. The molecule has 17 heavy (non-hydrogen) atoms. The van der Waals surface area contributed by atoms with E-state index in [0.29, 0.717) is 19.8 Å². The van der Waals surface area contributed by atoms with Crippen LogP contribution in [0.1, 0.15) is 19.8 Å². The lowest BCUT2D eigenvalue weighted by Gasteiger charge is -2.33. The second-order valence-electron chi connectivity index (χ2n) is 4.27. The van der Waals surface area contributed by atoms with E-state index in [1.165, 1.54) is 4.90 Å². The van der Waals surface area contributed by atoms with Crippen LogP contribution >= 0.6 is 0 Å². The van der Waals surface area contributed by atoms with Crippen molar-refractivity contribution < 1.29 is 19.1 Å². The fraction of sp³-hybridized carbons (Fsp3) is 0.818. The third kappa shape index (κ3) is 3.09. The van der Waals surface area contributed by atoms with E-state index in [-0.39, 0.29) is 18.6 Å². The molecule has 2 amide bonds. The molecule has 0 aromatic rings. The minimum absolute atomic E-state index is 0.139. The van der Waals surface area contributed by atoms with Gasteiger partial charge in [0.05, 0.1) is 19.8 Å². The Balaban J connectivity index is 1.94. The number of nitrogens with one attached hydrogen (secondary N) is 1. The molecule has 2 aliphatic rings. The summed E-state index contributed by atoms with van der Waals surface area (Å²) in [4.78, 5) is 25.1. The number of amides is 2. The summed E-state index contributed by atoms with van der Waals surface area (Å²) in [7, 11) is 0. The van der Waals surface area contributed by atoms with Gasteiger partial charge >= 0.3 is 6.09 Å². The van der Waals surface area contributed by atoms with Crippen LogP contribution in [-0.4, -0.2) is 55.3 Å². The van der Waals surface area contributed by atoms with E-state index in [1.807, 2.05) is 0 Å². The normalized spacial score (nSPS) is 24.3. The largest absolute Gasteiger partial charge is 0.450 e. The van der Waals surface area contributed by atoms with Gasteiger partial charge in [0, 0.05) is 12.6 Å². The van der Waals surface area contributed by atoms with Crippen LogP contribution < -0.4 is 5.32 Å². The highest BCUT2D eigenvalue weighted by Crippen LogP contribution is 2.19. The molecule has 0 bridgehead atoms. The van der Waals surface area contributed by atoms with Crippen LogP contribution in [0.2, 0.25) is 0 Å². The molecule has 1 unspecified atom stereocenters. The Hall–Kier alpha value is -1.30. The van der Waals surface area contributed by atoms with Gasteiger partial charge in [-0.2, -0.15) is 0 Å². The Labute approximate surface area is 100 Å². The van der Waals surface area contributed by atoms with Gasteiger partial charge in [-0.15, -0.1) is 0 Å². The van der Waals surface area contributed by atoms with Gasteiger partial charge in [0.1, 0.15) is 6.04 Å². The smallest absolute Gasteiger partial charge is 0.410 e. The molecular formula is C11H18N2O4. The van der Waals surface area contributed by atoms with Crippen LogP contribution in [0.25, 0.3) is 0 Å². The summed E-state index contributed by atoms with van der Waals surface area (Å²) >= 11 is 0. The highest BCUT2D eigenvalue weighted by atomic mass is 16.6. The summed E-state index contributed by atoms with van der Waals surface area (Å²) in [6, 6.07) is -0.267. The molecule has 6 nitrogen and oxygen atoms in total. The van der Waals surface area contributed by atoms with E-state index in [1.54, 1.807) is 6.92 Å². The van der Waals surface area contributed by atoms with Gasteiger partial charge in [0.25, 0.3) is 0 Å². The molecule has 2 rings (SSSR count). The summed E-state index contributed by atoms with van der Waals surface area (Å²) in [6.07, 6.45) is 1.61. The first-order valence-corrected chi connectivity index (χ1v) is 6.04. The van der Waals surface area contributed by atoms with Crippen molar-refractivity contribution in [1.29, 1.82) is 0 Å². The number of hydrogen-bond donors (Lipinski definition) is 1. The Morgan fingerprint density at radius 2 is 2.24 bits per heavy atom. The summed E-state index contributed by atoms with van der Waals surface area (Å²) in [5, 5.41) is 2.88. The van der Waals surface area contributed by atoms with Crippen molar-refractivity contribution in [2.45, 2.75) is 31.8 Å². The van der Waals surface area contributed by atoms with E-state index >= 15 is 0 Å². The lowest BCUT2D eigenvalue weighted by molar-refractivity contribution is -0.131. The average Bonchev–Trinajstić information content (AvgIpc) is 3.13. The maximum atomic E-state index is 11.9. The first kappa shape index (κ1) is 12.2. The van der Waals surface area contributed by atoms with E-state index in [2.05, 4.69) is 5.32 Å². The molecule has 0 spiro atoms. The second-order valence-corrected chi connectivity index (χ2v) is 4.27. The standard InChI is InChI=1S/C11H18N2O4/c1-2-17-11(15)13-5-6-16-7-9(13)10(14)12-8-3-4-8/h8-9H,2-7H2,1H3,(H,12,14). The van der Waals surface area contributed by atoms with Gasteiger partial charge in [0.15, 0.2) is 0 Å². The topological polar surface area (TPSA) is 67.9 Å². The molecule has 0 radical (unpaired) electrons. The zero-order valence-electron chi connectivity index (χ0n) is 9.98. The molecule has 1 aliphatic heterocycles. The fourth-order valence-electron chi connectivity index (χ4n) is 1.77. The molecule has 0 aromatic heterocycles. The highest BCUT2D eigenvalue weighted by Gasteiger charge is 2.36. The van der Waals surface area contributed by atoms with Crippen molar-refractivity contribution in [2.24, 2.45) is 0 Å². The number of morpholine rings is 1. The zero-order chi connectivity index (χ0) is 12.3. The number of ether oxygens (including phenoxy) is 2. The SMILES string of the molecule is CCOC(=O)N1CCOCC1C(=O)NC1CC1. The van der Waals surface area contributed by atoms with E-state index < -0.39 is 12.1 Å². The lowest BCUT2D eigenvalue weighted by Crippen LogP contribution is -2.56. The van der Waals surface area contributed by atoms with Gasteiger partial charge in [-0.05, 0) is 19.8 Å². The monoisotopic (exact) mass is 242 g/mol. The molecule has 1 saturated carbocycles. The minimum atomic E-state index is -0.552. The van der Waals surface area contributed by atoms with Gasteiger partial charge in [-0.25, -0.2) is 4.79 Å². The number of rotatable bonds is 3. The quantitative estimate of drug-likeness (QED) is 0.763. The maximum absolute atomic E-state index is 11.9. The van der Waals surface area contributed by atoms with Crippen molar-refractivity contribution in [3.05, 3.63) is 0 Å². The van der Waals surface area contributed by atoms with E-state index in [4.69, 9.17) is 9.47 Å². The number of carbonyl (C=O) groups is 2. The second kappa shape index (κ2) is 5.35. The van der Waals surface area contributed by atoms with Gasteiger partial charge in [-0.1, -0.05) is 0 Å². The molecule has 6 heteroatoms. The summed E-state index contributed by atoms with van der Waals surface area (Å²) < 4.78 is 10.2. The molecule has 0 aromatic carbocycles. The predicted molar refractivity (Wildman–Crippen MR) is 59.5 cm³/mol. The molecule has 96 valence electrons. The van der Waals surface area contributed by atoms with Crippen molar-refractivity contribution in [1.82, 2.24) is 10.2 Å². The summed E-state index contributed by atoms with van der Waals surface area (Å²) in [5.74, 6) is -0.139. The van der Waals surface area contributed by atoms with Gasteiger partial charge in [-0.3, -0.25) is 9.69 Å². The zero-order valence-corrected chi connectivity index (χ0v) is 9.98. The maximum Gasteiger partial charge on any atom is 0.410 e.